The van der Waals surface area contributed by atoms with Crippen LogP contribution in [-0.4, -0.2) is 33.2 Å². The molecule has 0 unspecified atom stereocenters. The maximum absolute atomic E-state index is 5.68. The van der Waals surface area contributed by atoms with Crippen molar-refractivity contribution in [2.45, 2.75) is 0 Å². The minimum absolute atomic E-state index is 0.269. The van der Waals surface area contributed by atoms with Crippen LogP contribution in [0.15, 0.2) is 18.2 Å². The standard InChI is InChI=1S/C11H15NO4/c12-9-1-2-10-11(7-9)16-6-4-14-8-13-3-5-15-10/h1-2,7H,3-6,8,12H2. The van der Waals surface area contributed by atoms with Crippen LogP contribution in [0.5, 0.6) is 11.5 Å². The molecule has 1 heterocycles. The first-order valence-corrected chi connectivity index (χ1v) is 5.17. The zero-order valence-electron chi connectivity index (χ0n) is 8.98. The van der Waals surface area contributed by atoms with Gasteiger partial charge in [-0.25, -0.2) is 0 Å². The number of rotatable bonds is 0. The summed E-state index contributed by atoms with van der Waals surface area (Å²) >= 11 is 0. The largest absolute Gasteiger partial charge is 0.487 e. The second-order valence-electron chi connectivity index (χ2n) is 3.34. The first-order chi connectivity index (χ1) is 7.86. The van der Waals surface area contributed by atoms with Crippen LogP contribution >= 0.6 is 0 Å². The summed E-state index contributed by atoms with van der Waals surface area (Å²) in [5.41, 5.74) is 6.33. The molecule has 0 saturated carbocycles. The molecule has 1 aliphatic rings. The minimum Gasteiger partial charge on any atom is -0.487 e. The van der Waals surface area contributed by atoms with Crippen LogP contribution in [0.2, 0.25) is 0 Å². The highest BCUT2D eigenvalue weighted by Gasteiger charge is 2.07. The molecule has 88 valence electrons. The third-order valence-corrected chi connectivity index (χ3v) is 2.10. The molecule has 1 aliphatic heterocycles. The summed E-state index contributed by atoms with van der Waals surface area (Å²) in [7, 11) is 0. The summed E-state index contributed by atoms with van der Waals surface area (Å²) in [5, 5.41) is 0. The summed E-state index contributed by atoms with van der Waals surface area (Å²) < 4.78 is 21.4. The molecular weight excluding hydrogens is 210 g/mol. The van der Waals surface area contributed by atoms with Crippen LogP contribution < -0.4 is 15.2 Å². The van der Waals surface area contributed by atoms with Gasteiger partial charge in [0.25, 0.3) is 0 Å². The molecule has 1 aromatic rings. The molecule has 16 heavy (non-hydrogen) atoms. The van der Waals surface area contributed by atoms with Crippen LogP contribution in [0.3, 0.4) is 0 Å². The highest BCUT2D eigenvalue weighted by atomic mass is 16.7. The van der Waals surface area contributed by atoms with Gasteiger partial charge in [0.15, 0.2) is 11.5 Å². The second-order valence-corrected chi connectivity index (χ2v) is 3.34. The van der Waals surface area contributed by atoms with Gasteiger partial charge >= 0.3 is 0 Å². The molecule has 2 rings (SSSR count). The fourth-order valence-electron chi connectivity index (χ4n) is 1.35. The Morgan fingerprint density at radius 2 is 1.56 bits per heavy atom. The zero-order valence-corrected chi connectivity index (χ0v) is 8.98. The molecule has 2 N–H and O–H groups in total. The molecule has 0 fully saturated rings. The van der Waals surface area contributed by atoms with E-state index in [9.17, 15) is 0 Å². The van der Waals surface area contributed by atoms with Crippen LogP contribution in [0.4, 0.5) is 5.69 Å². The summed E-state index contributed by atoms with van der Waals surface area (Å²) in [4.78, 5) is 0. The van der Waals surface area contributed by atoms with Crippen molar-refractivity contribution in [3.8, 4) is 11.5 Å². The fraction of sp³-hybridized carbons (Fsp3) is 0.455. The summed E-state index contributed by atoms with van der Waals surface area (Å²) in [6.45, 7) is 2.15. The van der Waals surface area contributed by atoms with E-state index in [0.29, 0.717) is 43.6 Å². The molecule has 0 aromatic heterocycles. The van der Waals surface area contributed by atoms with E-state index < -0.39 is 0 Å². The average molecular weight is 225 g/mol. The Morgan fingerprint density at radius 1 is 0.875 bits per heavy atom. The van der Waals surface area contributed by atoms with Crippen LogP contribution in [0.1, 0.15) is 0 Å². The van der Waals surface area contributed by atoms with E-state index in [-0.39, 0.29) is 6.79 Å². The number of fused-ring (bicyclic) bond motifs is 1. The highest BCUT2D eigenvalue weighted by Crippen LogP contribution is 2.29. The van der Waals surface area contributed by atoms with Crippen LogP contribution in [0, 0.1) is 0 Å². The molecule has 5 nitrogen and oxygen atoms in total. The molecule has 0 amide bonds. The number of nitrogens with two attached hydrogens (primary N) is 1. The van der Waals surface area contributed by atoms with Gasteiger partial charge in [0.2, 0.25) is 0 Å². The number of hydrogen-bond acceptors (Lipinski definition) is 5. The number of benzene rings is 1. The van der Waals surface area contributed by atoms with Gasteiger partial charge in [0.05, 0.1) is 13.2 Å². The van der Waals surface area contributed by atoms with Crippen molar-refractivity contribution in [2.24, 2.45) is 0 Å². The average Bonchev–Trinajstić information content (AvgIpc) is 2.33. The number of anilines is 1. The molecule has 0 aliphatic carbocycles. The SMILES string of the molecule is Nc1ccc2c(c1)OCCOCOCCO2. The molecule has 0 saturated heterocycles. The molecule has 0 atom stereocenters. The normalized spacial score (nSPS) is 17.5. The lowest BCUT2D eigenvalue weighted by Crippen LogP contribution is -2.10. The zero-order chi connectivity index (χ0) is 11.2. The number of hydrogen-bond donors (Lipinski definition) is 1. The maximum Gasteiger partial charge on any atom is 0.163 e. The summed E-state index contributed by atoms with van der Waals surface area (Å²) in [6.07, 6.45) is 0. The van der Waals surface area contributed by atoms with Crippen molar-refractivity contribution in [2.75, 3.05) is 39.0 Å². The first-order valence-electron chi connectivity index (χ1n) is 5.17. The number of nitrogen functional groups attached to an aromatic ring is 1. The van der Waals surface area contributed by atoms with E-state index >= 15 is 0 Å². The Kier molecular flexibility index (Phi) is 3.85. The van der Waals surface area contributed by atoms with Gasteiger partial charge in [-0.3, -0.25) is 0 Å². The lowest BCUT2D eigenvalue weighted by molar-refractivity contribution is -0.0637. The second kappa shape index (κ2) is 5.58. The van der Waals surface area contributed by atoms with E-state index in [0.717, 1.165) is 0 Å². The Labute approximate surface area is 94.0 Å². The molecule has 1 aromatic carbocycles. The van der Waals surface area contributed by atoms with Gasteiger partial charge in [-0.05, 0) is 12.1 Å². The molecular formula is C11H15NO4. The minimum atomic E-state index is 0.269. The predicted molar refractivity (Wildman–Crippen MR) is 58.6 cm³/mol. The van der Waals surface area contributed by atoms with Crippen molar-refractivity contribution >= 4 is 5.69 Å². The first kappa shape index (κ1) is 11.0. The van der Waals surface area contributed by atoms with E-state index in [1.54, 1.807) is 18.2 Å². The Morgan fingerprint density at radius 3 is 2.31 bits per heavy atom. The van der Waals surface area contributed by atoms with Gasteiger partial charge in [0.1, 0.15) is 20.0 Å². The number of ether oxygens (including phenoxy) is 4. The molecule has 0 bridgehead atoms. The van der Waals surface area contributed by atoms with Gasteiger partial charge in [-0.15, -0.1) is 0 Å². The monoisotopic (exact) mass is 225 g/mol. The van der Waals surface area contributed by atoms with Crippen LogP contribution in [0.25, 0.3) is 0 Å². The fourth-order valence-corrected chi connectivity index (χ4v) is 1.35. The Hall–Kier alpha value is -1.46. The van der Waals surface area contributed by atoms with E-state index in [1.807, 2.05) is 0 Å². The van der Waals surface area contributed by atoms with E-state index in [1.165, 1.54) is 0 Å². The third-order valence-electron chi connectivity index (χ3n) is 2.10. The quantitative estimate of drug-likeness (QED) is 0.668. The lowest BCUT2D eigenvalue weighted by Gasteiger charge is -2.11. The van der Waals surface area contributed by atoms with Crippen molar-refractivity contribution in [3.63, 3.8) is 0 Å². The van der Waals surface area contributed by atoms with Crippen molar-refractivity contribution in [1.29, 1.82) is 0 Å². The highest BCUT2D eigenvalue weighted by molar-refractivity contribution is 5.51. The van der Waals surface area contributed by atoms with Gasteiger partial charge < -0.3 is 24.7 Å². The molecule has 0 spiro atoms. The lowest BCUT2D eigenvalue weighted by atomic mass is 10.3. The third kappa shape index (κ3) is 3.01. The summed E-state index contributed by atoms with van der Waals surface area (Å²) in [6, 6.07) is 5.32. The smallest absolute Gasteiger partial charge is 0.163 e. The topological polar surface area (TPSA) is 62.9 Å². The van der Waals surface area contributed by atoms with Gasteiger partial charge in [-0.1, -0.05) is 0 Å². The molecule has 5 heteroatoms. The van der Waals surface area contributed by atoms with Crippen molar-refractivity contribution in [3.05, 3.63) is 18.2 Å². The maximum atomic E-state index is 5.68. The Bertz CT molecular complexity index is 343. The van der Waals surface area contributed by atoms with Gasteiger partial charge in [0, 0.05) is 11.8 Å². The van der Waals surface area contributed by atoms with E-state index in [4.69, 9.17) is 24.7 Å². The Balaban J connectivity index is 2.10. The predicted octanol–water partition coefficient (Wildman–Crippen LogP) is 1.03. The summed E-state index contributed by atoms with van der Waals surface area (Å²) in [5.74, 6) is 1.32. The van der Waals surface area contributed by atoms with Gasteiger partial charge in [-0.2, -0.15) is 0 Å². The van der Waals surface area contributed by atoms with Crippen LogP contribution in [-0.2, 0) is 9.47 Å². The van der Waals surface area contributed by atoms with Crippen molar-refractivity contribution in [1.82, 2.24) is 0 Å². The molecule has 0 radical (unpaired) electrons. The van der Waals surface area contributed by atoms with Crippen molar-refractivity contribution < 1.29 is 18.9 Å². The van der Waals surface area contributed by atoms with E-state index in [2.05, 4.69) is 0 Å².